The van der Waals surface area contributed by atoms with Crippen molar-refractivity contribution < 1.29 is 0 Å². The summed E-state index contributed by atoms with van der Waals surface area (Å²) in [5.74, 6) is 2.49. The Balaban J connectivity index is 1.81. The standard InChI is InChI=1S/C18H29N/c1-13-4-7-16(8-5-13)9-11-18(19)17-10-6-14(2)15(3)12-17/h4-5,7-8,14-15,17-18H,6,9-12,19H2,1-3H3. The van der Waals surface area contributed by atoms with E-state index in [1.807, 2.05) is 0 Å². The lowest BCUT2D eigenvalue weighted by atomic mass is 9.72. The molecule has 0 heterocycles. The van der Waals surface area contributed by atoms with E-state index in [-0.39, 0.29) is 0 Å². The minimum Gasteiger partial charge on any atom is -0.327 e. The highest BCUT2D eigenvalue weighted by Gasteiger charge is 2.28. The summed E-state index contributed by atoms with van der Waals surface area (Å²) >= 11 is 0. The number of aryl methyl sites for hydroxylation is 2. The van der Waals surface area contributed by atoms with Crippen LogP contribution in [-0.2, 0) is 6.42 Å². The van der Waals surface area contributed by atoms with Crippen molar-refractivity contribution in [2.75, 3.05) is 0 Å². The number of rotatable bonds is 4. The highest BCUT2D eigenvalue weighted by molar-refractivity contribution is 5.21. The fourth-order valence-corrected chi connectivity index (χ4v) is 3.30. The lowest BCUT2D eigenvalue weighted by molar-refractivity contribution is 0.182. The van der Waals surface area contributed by atoms with Gasteiger partial charge in [0.05, 0.1) is 0 Å². The Bertz CT molecular complexity index is 381. The van der Waals surface area contributed by atoms with Gasteiger partial charge in [-0.25, -0.2) is 0 Å². The number of hydrogen-bond donors (Lipinski definition) is 1. The average Bonchev–Trinajstić information content (AvgIpc) is 2.41. The maximum absolute atomic E-state index is 6.43. The van der Waals surface area contributed by atoms with E-state index in [2.05, 4.69) is 45.0 Å². The fraction of sp³-hybridized carbons (Fsp3) is 0.667. The van der Waals surface area contributed by atoms with Crippen LogP contribution in [0.4, 0.5) is 0 Å². The van der Waals surface area contributed by atoms with Gasteiger partial charge in [-0.1, -0.05) is 50.1 Å². The number of benzene rings is 1. The third-order valence-corrected chi connectivity index (χ3v) is 5.13. The van der Waals surface area contributed by atoms with Crippen molar-refractivity contribution in [3.8, 4) is 0 Å². The molecule has 1 saturated carbocycles. The van der Waals surface area contributed by atoms with Crippen LogP contribution in [0.2, 0.25) is 0 Å². The van der Waals surface area contributed by atoms with Gasteiger partial charge in [-0.05, 0) is 55.9 Å². The first-order chi connectivity index (χ1) is 9.06. The van der Waals surface area contributed by atoms with Gasteiger partial charge in [-0.3, -0.25) is 0 Å². The summed E-state index contributed by atoms with van der Waals surface area (Å²) in [6.07, 6.45) is 6.29. The largest absolute Gasteiger partial charge is 0.327 e. The van der Waals surface area contributed by atoms with E-state index < -0.39 is 0 Å². The Hall–Kier alpha value is -0.820. The molecule has 0 spiro atoms. The molecule has 1 aliphatic carbocycles. The van der Waals surface area contributed by atoms with Gasteiger partial charge in [0.15, 0.2) is 0 Å². The molecule has 0 aliphatic heterocycles. The molecular formula is C18H29N. The van der Waals surface area contributed by atoms with Gasteiger partial charge in [0.2, 0.25) is 0 Å². The smallest absolute Gasteiger partial charge is 0.00704 e. The average molecular weight is 259 g/mol. The summed E-state index contributed by atoms with van der Waals surface area (Å²) in [5, 5.41) is 0. The van der Waals surface area contributed by atoms with Crippen molar-refractivity contribution in [3.05, 3.63) is 35.4 Å². The summed E-state index contributed by atoms with van der Waals surface area (Å²) in [4.78, 5) is 0. The van der Waals surface area contributed by atoms with Crippen LogP contribution in [0.5, 0.6) is 0 Å². The molecule has 4 atom stereocenters. The molecule has 19 heavy (non-hydrogen) atoms. The molecule has 4 unspecified atom stereocenters. The maximum Gasteiger partial charge on any atom is 0.00704 e. The fourth-order valence-electron chi connectivity index (χ4n) is 3.30. The number of nitrogens with two attached hydrogens (primary N) is 1. The minimum absolute atomic E-state index is 0.385. The van der Waals surface area contributed by atoms with Gasteiger partial charge in [-0.2, -0.15) is 0 Å². The summed E-state index contributed by atoms with van der Waals surface area (Å²) < 4.78 is 0. The second kappa shape index (κ2) is 6.56. The van der Waals surface area contributed by atoms with Crippen LogP contribution in [0.1, 0.15) is 50.7 Å². The predicted molar refractivity (Wildman–Crippen MR) is 83.1 cm³/mol. The van der Waals surface area contributed by atoms with Crippen molar-refractivity contribution >= 4 is 0 Å². The monoisotopic (exact) mass is 259 g/mol. The normalized spacial score (nSPS) is 29.2. The molecule has 0 bridgehead atoms. The lowest BCUT2D eigenvalue weighted by Crippen LogP contribution is -2.35. The number of hydrogen-bond acceptors (Lipinski definition) is 1. The SMILES string of the molecule is Cc1ccc(CCC(N)C2CCC(C)C(C)C2)cc1. The second-order valence-electron chi connectivity index (χ2n) is 6.72. The van der Waals surface area contributed by atoms with E-state index in [4.69, 9.17) is 5.73 Å². The van der Waals surface area contributed by atoms with Gasteiger partial charge in [0, 0.05) is 6.04 Å². The minimum atomic E-state index is 0.385. The molecule has 2 rings (SSSR count). The molecule has 1 nitrogen and oxygen atoms in total. The molecular weight excluding hydrogens is 230 g/mol. The predicted octanol–water partition coefficient (Wildman–Crippen LogP) is 4.33. The summed E-state index contributed by atoms with van der Waals surface area (Å²) in [7, 11) is 0. The Morgan fingerprint density at radius 2 is 1.79 bits per heavy atom. The van der Waals surface area contributed by atoms with Crippen LogP contribution >= 0.6 is 0 Å². The topological polar surface area (TPSA) is 26.0 Å². The molecule has 1 aromatic carbocycles. The zero-order valence-electron chi connectivity index (χ0n) is 12.7. The molecule has 0 amide bonds. The molecule has 1 fully saturated rings. The van der Waals surface area contributed by atoms with Gasteiger partial charge in [-0.15, -0.1) is 0 Å². The zero-order valence-corrected chi connectivity index (χ0v) is 12.7. The van der Waals surface area contributed by atoms with Crippen LogP contribution < -0.4 is 5.73 Å². The summed E-state index contributed by atoms with van der Waals surface area (Å²) in [5.41, 5.74) is 9.20. The van der Waals surface area contributed by atoms with Crippen LogP contribution in [0.15, 0.2) is 24.3 Å². The second-order valence-corrected chi connectivity index (χ2v) is 6.72. The first kappa shape index (κ1) is 14.6. The Labute approximate surface area is 118 Å². The third-order valence-electron chi connectivity index (χ3n) is 5.13. The highest BCUT2D eigenvalue weighted by Crippen LogP contribution is 2.35. The van der Waals surface area contributed by atoms with Crippen LogP contribution in [0.25, 0.3) is 0 Å². The molecule has 0 saturated heterocycles. The molecule has 106 valence electrons. The van der Waals surface area contributed by atoms with Crippen LogP contribution in [0.3, 0.4) is 0 Å². The third kappa shape index (κ3) is 4.07. The van der Waals surface area contributed by atoms with E-state index in [0.717, 1.165) is 30.6 Å². The van der Waals surface area contributed by atoms with Gasteiger partial charge >= 0.3 is 0 Å². The first-order valence-electron chi connectivity index (χ1n) is 7.87. The molecule has 2 N–H and O–H groups in total. The molecule has 0 aromatic heterocycles. The molecule has 1 aliphatic rings. The van der Waals surface area contributed by atoms with E-state index in [1.54, 1.807) is 0 Å². The van der Waals surface area contributed by atoms with Gasteiger partial charge in [0.1, 0.15) is 0 Å². The zero-order chi connectivity index (χ0) is 13.8. The van der Waals surface area contributed by atoms with Crippen LogP contribution in [-0.4, -0.2) is 6.04 Å². The van der Waals surface area contributed by atoms with Crippen molar-refractivity contribution in [2.24, 2.45) is 23.5 Å². The molecule has 0 radical (unpaired) electrons. The Morgan fingerprint density at radius 3 is 2.42 bits per heavy atom. The summed E-state index contributed by atoms with van der Waals surface area (Å²) in [6, 6.07) is 9.27. The Kier molecular flexibility index (Phi) is 5.04. The van der Waals surface area contributed by atoms with E-state index in [1.165, 1.54) is 30.4 Å². The molecule has 1 heteroatoms. The molecule has 1 aromatic rings. The van der Waals surface area contributed by atoms with E-state index in [0.29, 0.717) is 6.04 Å². The van der Waals surface area contributed by atoms with Gasteiger partial charge in [0.25, 0.3) is 0 Å². The Morgan fingerprint density at radius 1 is 1.11 bits per heavy atom. The van der Waals surface area contributed by atoms with Crippen molar-refractivity contribution in [2.45, 2.75) is 58.9 Å². The van der Waals surface area contributed by atoms with Crippen LogP contribution in [0, 0.1) is 24.7 Å². The maximum atomic E-state index is 6.43. The highest BCUT2D eigenvalue weighted by atomic mass is 14.7. The first-order valence-corrected chi connectivity index (χ1v) is 7.87. The lowest BCUT2D eigenvalue weighted by Gasteiger charge is -2.35. The van der Waals surface area contributed by atoms with Crippen molar-refractivity contribution in [1.29, 1.82) is 0 Å². The van der Waals surface area contributed by atoms with E-state index >= 15 is 0 Å². The van der Waals surface area contributed by atoms with Crippen molar-refractivity contribution in [3.63, 3.8) is 0 Å². The summed E-state index contributed by atoms with van der Waals surface area (Å²) in [6.45, 7) is 6.92. The van der Waals surface area contributed by atoms with Crippen molar-refractivity contribution in [1.82, 2.24) is 0 Å². The van der Waals surface area contributed by atoms with Gasteiger partial charge < -0.3 is 5.73 Å². The van der Waals surface area contributed by atoms with E-state index in [9.17, 15) is 0 Å². The quantitative estimate of drug-likeness (QED) is 0.856.